The highest BCUT2D eigenvalue weighted by Crippen LogP contribution is 2.25. The molecule has 4 N–H and O–H groups in total. The average molecular weight is 253 g/mol. The summed E-state index contributed by atoms with van der Waals surface area (Å²) in [6.45, 7) is 0. The first-order valence-corrected chi connectivity index (χ1v) is 5.27. The molecular formula is C12H15NO5. The maximum absolute atomic E-state index is 10.9. The second-order valence-corrected chi connectivity index (χ2v) is 3.80. The number of hydrogen-bond donors (Lipinski definition) is 3. The van der Waals surface area contributed by atoms with Gasteiger partial charge in [-0.05, 0) is 17.7 Å². The Balaban J connectivity index is 3.00. The summed E-state index contributed by atoms with van der Waals surface area (Å²) in [5.74, 6) is -0.278. The summed E-state index contributed by atoms with van der Waals surface area (Å²) in [6, 6.07) is 4.43. The first-order chi connectivity index (χ1) is 8.49. The number of hydrogen-bond acceptors (Lipinski definition) is 5. The fourth-order valence-corrected chi connectivity index (χ4v) is 1.58. The summed E-state index contributed by atoms with van der Waals surface area (Å²) in [4.78, 5) is 21.6. The van der Waals surface area contributed by atoms with Crippen molar-refractivity contribution in [3.63, 3.8) is 0 Å². The van der Waals surface area contributed by atoms with Crippen LogP contribution in [0.3, 0.4) is 0 Å². The van der Waals surface area contributed by atoms with E-state index in [4.69, 9.17) is 10.5 Å². The van der Waals surface area contributed by atoms with E-state index in [9.17, 15) is 19.8 Å². The molecule has 0 aliphatic carbocycles. The summed E-state index contributed by atoms with van der Waals surface area (Å²) in [6.07, 6.45) is -2.55. The van der Waals surface area contributed by atoms with E-state index < -0.39 is 18.1 Å². The molecule has 2 atom stereocenters. The van der Waals surface area contributed by atoms with Gasteiger partial charge in [-0.2, -0.15) is 0 Å². The molecule has 0 aliphatic rings. The molecule has 0 radical (unpaired) electrons. The lowest BCUT2D eigenvalue weighted by molar-refractivity contribution is -0.121. The minimum atomic E-state index is -1.36. The van der Waals surface area contributed by atoms with Gasteiger partial charge >= 0.3 is 0 Å². The van der Waals surface area contributed by atoms with Crippen LogP contribution < -0.4 is 10.5 Å². The van der Waals surface area contributed by atoms with Crippen LogP contribution in [0.2, 0.25) is 0 Å². The largest absolute Gasteiger partial charge is 0.497 e. The second kappa shape index (κ2) is 6.13. The van der Waals surface area contributed by atoms with Crippen LogP contribution in [-0.2, 0) is 4.79 Å². The highest BCUT2D eigenvalue weighted by Gasteiger charge is 2.22. The normalized spacial score (nSPS) is 13.7. The van der Waals surface area contributed by atoms with Gasteiger partial charge in [0.1, 0.15) is 11.9 Å². The molecule has 2 unspecified atom stereocenters. The van der Waals surface area contributed by atoms with E-state index in [2.05, 4.69) is 0 Å². The van der Waals surface area contributed by atoms with Gasteiger partial charge in [-0.25, -0.2) is 0 Å². The van der Waals surface area contributed by atoms with Crippen molar-refractivity contribution in [1.29, 1.82) is 0 Å². The summed E-state index contributed by atoms with van der Waals surface area (Å²) in [5, 5.41) is 19.4. The number of carbonyl (C=O) groups is 2. The molecule has 1 rings (SSSR count). The van der Waals surface area contributed by atoms with Crippen LogP contribution >= 0.6 is 0 Å². The number of nitrogens with two attached hydrogens (primary N) is 1. The molecule has 98 valence electrons. The molecule has 0 heterocycles. The molecule has 0 aromatic heterocycles. The Kier molecular flexibility index (Phi) is 4.82. The quantitative estimate of drug-likeness (QED) is 0.607. The molecule has 0 fully saturated rings. The average Bonchev–Trinajstić information content (AvgIpc) is 2.36. The predicted octanol–water partition coefficient (Wildman–Crippen LogP) is -0.223. The molecule has 6 nitrogen and oxygen atoms in total. The van der Waals surface area contributed by atoms with Gasteiger partial charge in [0.2, 0.25) is 5.91 Å². The number of ether oxygens (including phenoxy) is 1. The molecule has 0 spiro atoms. The lowest BCUT2D eigenvalue weighted by atomic mass is 9.97. The Morgan fingerprint density at radius 1 is 1.50 bits per heavy atom. The van der Waals surface area contributed by atoms with E-state index >= 15 is 0 Å². The highest BCUT2D eigenvalue weighted by atomic mass is 16.5. The molecule has 0 aliphatic heterocycles. The number of rotatable bonds is 6. The molecule has 0 bridgehead atoms. The second-order valence-electron chi connectivity index (χ2n) is 3.80. The van der Waals surface area contributed by atoms with Gasteiger partial charge in [0.05, 0.1) is 19.6 Å². The molecule has 18 heavy (non-hydrogen) atoms. The standard InChI is InChI=1S/C12H15NO5/c1-18-8-2-3-9(7(4-8)6-14)12(17)10(15)5-11(13)16/h2-4,6,10,12,15,17H,5H2,1H3,(H2,13,16). The molecule has 1 amide bonds. The van der Waals surface area contributed by atoms with Crippen molar-refractivity contribution < 1.29 is 24.5 Å². The Bertz CT molecular complexity index is 446. The van der Waals surface area contributed by atoms with Gasteiger partial charge in [-0.3, -0.25) is 9.59 Å². The van der Waals surface area contributed by atoms with E-state index in [0.717, 1.165) is 0 Å². The third-order valence-corrected chi connectivity index (χ3v) is 2.51. The van der Waals surface area contributed by atoms with Gasteiger partial charge in [0.15, 0.2) is 6.29 Å². The third-order valence-electron chi connectivity index (χ3n) is 2.51. The molecule has 0 saturated carbocycles. The van der Waals surface area contributed by atoms with Crippen LogP contribution in [0.1, 0.15) is 28.4 Å². The zero-order chi connectivity index (χ0) is 13.7. The van der Waals surface area contributed by atoms with Crippen LogP contribution in [0, 0.1) is 0 Å². The van der Waals surface area contributed by atoms with Crippen LogP contribution in [0.15, 0.2) is 18.2 Å². The van der Waals surface area contributed by atoms with Crippen LogP contribution in [-0.4, -0.2) is 35.6 Å². The topological polar surface area (TPSA) is 110 Å². The van der Waals surface area contributed by atoms with Crippen molar-refractivity contribution in [2.24, 2.45) is 5.73 Å². The van der Waals surface area contributed by atoms with E-state index in [1.807, 2.05) is 0 Å². The number of carbonyl (C=O) groups excluding carboxylic acids is 2. The number of methoxy groups -OCH3 is 1. The minimum absolute atomic E-state index is 0.186. The number of aliphatic hydroxyl groups excluding tert-OH is 2. The minimum Gasteiger partial charge on any atom is -0.497 e. The maximum Gasteiger partial charge on any atom is 0.220 e. The SMILES string of the molecule is COc1ccc(C(O)C(O)CC(N)=O)c(C=O)c1. The van der Waals surface area contributed by atoms with Crippen molar-refractivity contribution in [3.8, 4) is 5.75 Å². The van der Waals surface area contributed by atoms with Crippen molar-refractivity contribution in [1.82, 2.24) is 0 Å². The number of primary amides is 1. The van der Waals surface area contributed by atoms with Gasteiger partial charge in [0.25, 0.3) is 0 Å². The Morgan fingerprint density at radius 2 is 2.17 bits per heavy atom. The Morgan fingerprint density at radius 3 is 2.67 bits per heavy atom. The number of aliphatic hydroxyl groups is 2. The van der Waals surface area contributed by atoms with Crippen molar-refractivity contribution in [2.45, 2.75) is 18.6 Å². The molecule has 6 heteroatoms. The van der Waals surface area contributed by atoms with Gasteiger partial charge in [-0.15, -0.1) is 0 Å². The first-order valence-electron chi connectivity index (χ1n) is 5.27. The van der Waals surface area contributed by atoms with Crippen LogP contribution in [0.25, 0.3) is 0 Å². The Labute approximate surface area is 104 Å². The van der Waals surface area contributed by atoms with Gasteiger partial charge in [-0.1, -0.05) is 6.07 Å². The first kappa shape index (κ1) is 14.1. The van der Waals surface area contributed by atoms with E-state index in [-0.39, 0.29) is 17.5 Å². The molecule has 0 saturated heterocycles. The fraction of sp³-hybridized carbons (Fsp3) is 0.333. The summed E-state index contributed by atoms with van der Waals surface area (Å²) < 4.78 is 4.94. The van der Waals surface area contributed by atoms with Gasteiger partial charge < -0.3 is 20.7 Å². The van der Waals surface area contributed by atoms with E-state index in [1.165, 1.54) is 19.2 Å². The van der Waals surface area contributed by atoms with Crippen molar-refractivity contribution in [2.75, 3.05) is 7.11 Å². The molecule has 1 aromatic carbocycles. The monoisotopic (exact) mass is 253 g/mol. The number of aldehydes is 1. The third kappa shape index (κ3) is 3.28. The maximum atomic E-state index is 10.9. The smallest absolute Gasteiger partial charge is 0.220 e. The van der Waals surface area contributed by atoms with Gasteiger partial charge in [0, 0.05) is 5.56 Å². The fourth-order valence-electron chi connectivity index (χ4n) is 1.58. The summed E-state index contributed by atoms with van der Waals surface area (Å²) in [7, 11) is 1.45. The molecule has 1 aromatic rings. The summed E-state index contributed by atoms with van der Waals surface area (Å²) in [5.41, 5.74) is 5.33. The number of amides is 1. The Hall–Kier alpha value is -1.92. The highest BCUT2D eigenvalue weighted by molar-refractivity contribution is 5.79. The predicted molar refractivity (Wildman–Crippen MR) is 63.2 cm³/mol. The van der Waals surface area contributed by atoms with Crippen molar-refractivity contribution in [3.05, 3.63) is 29.3 Å². The van der Waals surface area contributed by atoms with E-state index in [0.29, 0.717) is 12.0 Å². The van der Waals surface area contributed by atoms with E-state index in [1.54, 1.807) is 6.07 Å². The lowest BCUT2D eigenvalue weighted by Gasteiger charge is -2.18. The zero-order valence-electron chi connectivity index (χ0n) is 9.87. The summed E-state index contributed by atoms with van der Waals surface area (Å²) >= 11 is 0. The number of benzene rings is 1. The van der Waals surface area contributed by atoms with Crippen LogP contribution in [0.5, 0.6) is 5.75 Å². The van der Waals surface area contributed by atoms with Crippen molar-refractivity contribution >= 4 is 12.2 Å². The zero-order valence-corrected chi connectivity index (χ0v) is 9.87. The van der Waals surface area contributed by atoms with Crippen LogP contribution in [0.4, 0.5) is 0 Å². The molecular weight excluding hydrogens is 238 g/mol. The lowest BCUT2D eigenvalue weighted by Crippen LogP contribution is -2.26.